The van der Waals surface area contributed by atoms with Crippen LogP contribution in [0.5, 0.6) is 11.5 Å². The van der Waals surface area contributed by atoms with Gasteiger partial charge in [-0.15, -0.1) is 0 Å². The van der Waals surface area contributed by atoms with Gasteiger partial charge in [0.05, 0.1) is 14.2 Å². The van der Waals surface area contributed by atoms with Crippen molar-refractivity contribution in [1.29, 1.82) is 0 Å². The third-order valence-electron chi connectivity index (χ3n) is 2.99. The predicted octanol–water partition coefficient (Wildman–Crippen LogP) is 2.46. The zero-order valence-electron chi connectivity index (χ0n) is 12.0. The maximum Gasteiger partial charge on any atom is 0.129 e. The number of ether oxygens (including phenoxy) is 2. The highest BCUT2D eigenvalue weighted by Crippen LogP contribution is 2.24. The third-order valence-corrected chi connectivity index (χ3v) is 2.99. The van der Waals surface area contributed by atoms with Gasteiger partial charge >= 0.3 is 0 Å². The van der Waals surface area contributed by atoms with Crippen molar-refractivity contribution in [2.75, 3.05) is 26.1 Å². The smallest absolute Gasteiger partial charge is 0.129 e. The average molecular weight is 273 g/mol. The molecule has 2 aromatic rings. The molecule has 0 saturated carbocycles. The first kappa shape index (κ1) is 14.1. The summed E-state index contributed by atoms with van der Waals surface area (Å²) in [5, 5.41) is 3.28. The van der Waals surface area contributed by atoms with Crippen molar-refractivity contribution in [3.63, 3.8) is 0 Å². The van der Waals surface area contributed by atoms with Crippen LogP contribution in [-0.2, 0) is 6.42 Å². The van der Waals surface area contributed by atoms with Crippen LogP contribution in [0.1, 0.15) is 11.3 Å². The summed E-state index contributed by atoms with van der Waals surface area (Å²) in [4.78, 5) is 8.24. The Bertz CT molecular complexity index is 573. The maximum absolute atomic E-state index is 5.36. The number of rotatable bonds is 6. The highest BCUT2D eigenvalue weighted by Gasteiger charge is 2.05. The van der Waals surface area contributed by atoms with Crippen LogP contribution in [0.2, 0.25) is 0 Å². The van der Waals surface area contributed by atoms with E-state index in [1.807, 2.05) is 31.2 Å². The van der Waals surface area contributed by atoms with Gasteiger partial charge in [-0.2, -0.15) is 0 Å². The highest BCUT2D eigenvalue weighted by atomic mass is 16.5. The molecule has 0 amide bonds. The van der Waals surface area contributed by atoms with E-state index >= 15 is 0 Å². The van der Waals surface area contributed by atoms with Gasteiger partial charge in [-0.05, 0) is 37.1 Å². The Morgan fingerprint density at radius 1 is 1.10 bits per heavy atom. The van der Waals surface area contributed by atoms with Crippen molar-refractivity contribution in [2.24, 2.45) is 0 Å². The summed E-state index contributed by atoms with van der Waals surface area (Å²) in [5.74, 6) is 2.53. The fourth-order valence-corrected chi connectivity index (χ4v) is 1.95. The first-order chi connectivity index (χ1) is 9.72. The zero-order chi connectivity index (χ0) is 14.4. The number of nitrogens with zero attached hydrogens (tertiary/aromatic N) is 2. The molecular weight excluding hydrogens is 254 g/mol. The zero-order valence-corrected chi connectivity index (χ0v) is 12.0. The molecule has 0 aliphatic heterocycles. The second kappa shape index (κ2) is 6.75. The molecule has 0 radical (unpaired) electrons. The Morgan fingerprint density at radius 2 is 1.95 bits per heavy atom. The van der Waals surface area contributed by atoms with Gasteiger partial charge in [0.1, 0.15) is 23.6 Å². The SMILES string of the molecule is COc1ccc(OC)c(CCNc2cc(C)ncn2)c1. The van der Waals surface area contributed by atoms with Crippen molar-refractivity contribution >= 4 is 5.82 Å². The van der Waals surface area contributed by atoms with Crippen LogP contribution in [0.25, 0.3) is 0 Å². The largest absolute Gasteiger partial charge is 0.497 e. The lowest BCUT2D eigenvalue weighted by Crippen LogP contribution is -2.07. The van der Waals surface area contributed by atoms with Crippen LogP contribution >= 0.6 is 0 Å². The van der Waals surface area contributed by atoms with Crippen LogP contribution in [0, 0.1) is 6.92 Å². The number of aryl methyl sites for hydroxylation is 1. The lowest BCUT2D eigenvalue weighted by atomic mass is 10.1. The van der Waals surface area contributed by atoms with Gasteiger partial charge in [-0.3, -0.25) is 0 Å². The fourth-order valence-electron chi connectivity index (χ4n) is 1.95. The minimum Gasteiger partial charge on any atom is -0.497 e. The molecule has 0 atom stereocenters. The number of aromatic nitrogens is 2. The van der Waals surface area contributed by atoms with E-state index in [-0.39, 0.29) is 0 Å². The van der Waals surface area contributed by atoms with Gasteiger partial charge in [0.2, 0.25) is 0 Å². The third kappa shape index (κ3) is 3.60. The number of benzene rings is 1. The van der Waals surface area contributed by atoms with E-state index in [0.717, 1.165) is 41.5 Å². The topological polar surface area (TPSA) is 56.3 Å². The Labute approximate surface area is 119 Å². The number of methoxy groups -OCH3 is 2. The first-order valence-corrected chi connectivity index (χ1v) is 6.46. The molecule has 20 heavy (non-hydrogen) atoms. The van der Waals surface area contributed by atoms with Gasteiger partial charge in [0.15, 0.2) is 0 Å². The molecule has 1 heterocycles. The fraction of sp³-hybridized carbons (Fsp3) is 0.333. The molecule has 2 rings (SSSR count). The molecule has 5 nitrogen and oxygen atoms in total. The molecule has 0 unspecified atom stereocenters. The lowest BCUT2D eigenvalue weighted by molar-refractivity contribution is 0.399. The van der Waals surface area contributed by atoms with E-state index in [9.17, 15) is 0 Å². The van der Waals surface area contributed by atoms with E-state index < -0.39 is 0 Å². The normalized spacial score (nSPS) is 10.2. The van der Waals surface area contributed by atoms with Crippen LogP contribution in [0.3, 0.4) is 0 Å². The molecule has 0 bridgehead atoms. The van der Waals surface area contributed by atoms with E-state index in [4.69, 9.17) is 9.47 Å². The summed E-state index contributed by atoms with van der Waals surface area (Å²) in [6.07, 6.45) is 2.38. The van der Waals surface area contributed by atoms with Crippen LogP contribution in [0.15, 0.2) is 30.6 Å². The quantitative estimate of drug-likeness (QED) is 0.876. The maximum atomic E-state index is 5.36. The van der Waals surface area contributed by atoms with Crippen molar-refractivity contribution < 1.29 is 9.47 Å². The molecule has 1 aromatic carbocycles. The molecule has 106 valence electrons. The Kier molecular flexibility index (Phi) is 4.76. The van der Waals surface area contributed by atoms with E-state index in [1.165, 1.54) is 0 Å². The van der Waals surface area contributed by atoms with Crippen molar-refractivity contribution in [1.82, 2.24) is 9.97 Å². The number of hydrogen-bond donors (Lipinski definition) is 1. The molecule has 0 aliphatic rings. The molecule has 1 N–H and O–H groups in total. The average Bonchev–Trinajstić information content (AvgIpc) is 2.47. The van der Waals surface area contributed by atoms with E-state index in [1.54, 1.807) is 20.5 Å². The molecule has 0 spiro atoms. The molecule has 0 fully saturated rings. The Hall–Kier alpha value is -2.30. The molecule has 0 saturated heterocycles. The van der Waals surface area contributed by atoms with Crippen molar-refractivity contribution in [2.45, 2.75) is 13.3 Å². The molecular formula is C15H19N3O2. The van der Waals surface area contributed by atoms with E-state index in [2.05, 4.69) is 15.3 Å². The van der Waals surface area contributed by atoms with Crippen LogP contribution in [-0.4, -0.2) is 30.7 Å². The Morgan fingerprint density at radius 3 is 2.65 bits per heavy atom. The number of hydrogen-bond acceptors (Lipinski definition) is 5. The second-order valence-electron chi connectivity index (χ2n) is 4.40. The van der Waals surface area contributed by atoms with Gasteiger partial charge in [-0.25, -0.2) is 9.97 Å². The monoisotopic (exact) mass is 273 g/mol. The standard InChI is InChI=1S/C15H19N3O2/c1-11-8-15(18-10-17-11)16-7-6-12-9-13(19-2)4-5-14(12)20-3/h4-5,8-10H,6-7H2,1-3H3,(H,16,17,18). The molecule has 1 aromatic heterocycles. The van der Waals surface area contributed by atoms with E-state index in [0.29, 0.717) is 0 Å². The summed E-state index contributed by atoms with van der Waals surface area (Å²) in [6, 6.07) is 7.72. The van der Waals surface area contributed by atoms with Gasteiger partial charge in [0.25, 0.3) is 0 Å². The second-order valence-corrected chi connectivity index (χ2v) is 4.40. The van der Waals surface area contributed by atoms with Crippen molar-refractivity contribution in [3.8, 4) is 11.5 Å². The summed E-state index contributed by atoms with van der Waals surface area (Å²) in [6.45, 7) is 2.71. The summed E-state index contributed by atoms with van der Waals surface area (Å²) < 4.78 is 10.6. The highest BCUT2D eigenvalue weighted by molar-refractivity contribution is 5.41. The molecule has 0 aliphatic carbocycles. The number of anilines is 1. The van der Waals surface area contributed by atoms with Gasteiger partial charge in [-0.1, -0.05) is 0 Å². The van der Waals surface area contributed by atoms with Crippen LogP contribution in [0.4, 0.5) is 5.82 Å². The van der Waals surface area contributed by atoms with Crippen LogP contribution < -0.4 is 14.8 Å². The van der Waals surface area contributed by atoms with Gasteiger partial charge < -0.3 is 14.8 Å². The minimum atomic E-state index is 0.764. The molecule has 5 heteroatoms. The minimum absolute atomic E-state index is 0.764. The summed E-state index contributed by atoms with van der Waals surface area (Å²) in [5.41, 5.74) is 2.05. The Balaban J connectivity index is 1.99. The lowest BCUT2D eigenvalue weighted by Gasteiger charge is -2.11. The predicted molar refractivity (Wildman–Crippen MR) is 78.5 cm³/mol. The van der Waals surface area contributed by atoms with Crippen molar-refractivity contribution in [3.05, 3.63) is 41.9 Å². The number of nitrogens with one attached hydrogen (secondary N) is 1. The van der Waals surface area contributed by atoms with Gasteiger partial charge in [0, 0.05) is 18.3 Å². The first-order valence-electron chi connectivity index (χ1n) is 6.46. The summed E-state index contributed by atoms with van der Waals surface area (Å²) in [7, 11) is 3.33. The summed E-state index contributed by atoms with van der Waals surface area (Å²) >= 11 is 0.